The summed E-state index contributed by atoms with van der Waals surface area (Å²) in [5.41, 5.74) is 6.62. The number of hydrogen-bond acceptors (Lipinski definition) is 3. The minimum atomic E-state index is 0.253. The van der Waals surface area contributed by atoms with Gasteiger partial charge in [-0.2, -0.15) is 0 Å². The molecule has 0 amide bonds. The lowest BCUT2D eigenvalue weighted by Crippen LogP contribution is -2.64. The Morgan fingerprint density at radius 1 is 1.20 bits per heavy atom. The van der Waals surface area contributed by atoms with E-state index in [1.54, 1.807) is 0 Å². The molecule has 1 saturated carbocycles. The molecule has 2 fully saturated rings. The highest BCUT2D eigenvalue weighted by molar-refractivity contribution is 5.03. The van der Waals surface area contributed by atoms with E-state index in [0.717, 1.165) is 18.4 Å². The topological polar surface area (TPSA) is 32.5 Å². The summed E-state index contributed by atoms with van der Waals surface area (Å²) in [4.78, 5) is 5.34. The molecule has 0 aromatic carbocycles. The molecule has 0 spiro atoms. The summed E-state index contributed by atoms with van der Waals surface area (Å²) in [6.07, 6.45) is 6.57. The molecule has 2 rings (SSSR count). The van der Waals surface area contributed by atoms with Gasteiger partial charge in [0.15, 0.2) is 0 Å². The van der Waals surface area contributed by atoms with Crippen LogP contribution in [0.25, 0.3) is 0 Å². The summed E-state index contributed by atoms with van der Waals surface area (Å²) in [5.74, 6) is 1.53. The van der Waals surface area contributed by atoms with Crippen molar-refractivity contribution in [2.75, 3.05) is 33.2 Å². The molecule has 118 valence electrons. The van der Waals surface area contributed by atoms with Gasteiger partial charge in [-0.15, -0.1) is 0 Å². The molecule has 0 aromatic heterocycles. The fourth-order valence-electron chi connectivity index (χ4n) is 4.73. The van der Waals surface area contributed by atoms with Crippen molar-refractivity contribution in [2.45, 2.75) is 64.5 Å². The molecule has 0 bridgehead atoms. The Labute approximate surface area is 125 Å². The fraction of sp³-hybridized carbons (Fsp3) is 1.00. The Morgan fingerprint density at radius 2 is 1.95 bits per heavy atom. The maximum absolute atomic E-state index is 6.37. The maximum Gasteiger partial charge on any atom is 0.0363 e. The van der Waals surface area contributed by atoms with Crippen LogP contribution in [-0.2, 0) is 0 Å². The van der Waals surface area contributed by atoms with E-state index in [9.17, 15) is 0 Å². The van der Waals surface area contributed by atoms with E-state index in [4.69, 9.17) is 5.73 Å². The second-order valence-electron chi connectivity index (χ2n) is 7.34. The zero-order valence-electron chi connectivity index (χ0n) is 14.1. The van der Waals surface area contributed by atoms with Gasteiger partial charge in [0.1, 0.15) is 0 Å². The molecule has 3 nitrogen and oxygen atoms in total. The van der Waals surface area contributed by atoms with Crippen LogP contribution in [0.5, 0.6) is 0 Å². The van der Waals surface area contributed by atoms with Gasteiger partial charge >= 0.3 is 0 Å². The highest BCUT2D eigenvalue weighted by Gasteiger charge is 2.47. The molecule has 4 unspecified atom stereocenters. The number of nitrogens with two attached hydrogens (primary N) is 1. The highest BCUT2D eigenvalue weighted by Crippen LogP contribution is 2.42. The zero-order chi connectivity index (χ0) is 14.8. The first-order chi connectivity index (χ1) is 9.55. The molecule has 20 heavy (non-hydrogen) atoms. The lowest BCUT2D eigenvalue weighted by molar-refractivity contribution is -0.0372. The van der Waals surface area contributed by atoms with Crippen molar-refractivity contribution < 1.29 is 0 Å². The first-order valence-electron chi connectivity index (χ1n) is 8.70. The van der Waals surface area contributed by atoms with Crippen molar-refractivity contribution in [1.29, 1.82) is 0 Å². The second-order valence-corrected chi connectivity index (χ2v) is 7.34. The van der Waals surface area contributed by atoms with Gasteiger partial charge in [-0.25, -0.2) is 0 Å². The third-order valence-electron chi connectivity index (χ3n) is 6.27. The van der Waals surface area contributed by atoms with E-state index in [2.05, 4.69) is 37.6 Å². The minimum absolute atomic E-state index is 0.253. The van der Waals surface area contributed by atoms with Gasteiger partial charge in [-0.3, -0.25) is 4.90 Å². The Morgan fingerprint density at radius 3 is 2.60 bits per heavy atom. The average Bonchev–Trinajstić information content (AvgIpc) is 2.64. The Balaban J connectivity index is 2.27. The summed E-state index contributed by atoms with van der Waals surface area (Å²) >= 11 is 0. The molecule has 0 radical (unpaired) electrons. The van der Waals surface area contributed by atoms with Crippen LogP contribution >= 0.6 is 0 Å². The van der Waals surface area contributed by atoms with Crippen molar-refractivity contribution in [1.82, 2.24) is 9.80 Å². The molecule has 1 aliphatic carbocycles. The lowest BCUT2D eigenvalue weighted by atomic mass is 9.66. The summed E-state index contributed by atoms with van der Waals surface area (Å²) in [5, 5.41) is 0. The standard InChI is InChI=1S/C17H35N3/c1-5-16-12-19(4)10-7-11-20(16)17(13-18)9-6-8-14(2)15(17)3/h14-16H,5-13,18H2,1-4H3. The summed E-state index contributed by atoms with van der Waals surface area (Å²) in [6.45, 7) is 11.7. The van der Waals surface area contributed by atoms with Crippen LogP contribution in [0.15, 0.2) is 0 Å². The molecule has 4 atom stereocenters. The Hall–Kier alpha value is -0.120. The van der Waals surface area contributed by atoms with Crippen LogP contribution in [0.1, 0.15) is 52.9 Å². The molecule has 1 heterocycles. The Kier molecular flexibility index (Phi) is 5.49. The van der Waals surface area contributed by atoms with Crippen molar-refractivity contribution >= 4 is 0 Å². The predicted molar refractivity (Wildman–Crippen MR) is 86.9 cm³/mol. The lowest BCUT2D eigenvalue weighted by Gasteiger charge is -2.54. The molecule has 1 saturated heterocycles. The van der Waals surface area contributed by atoms with E-state index < -0.39 is 0 Å². The van der Waals surface area contributed by atoms with Gasteiger partial charge in [0.05, 0.1) is 0 Å². The average molecular weight is 281 g/mol. The number of likely N-dealkylation sites (N-methyl/N-ethyl adjacent to an activating group) is 1. The fourth-order valence-corrected chi connectivity index (χ4v) is 4.73. The number of nitrogens with zero attached hydrogens (tertiary/aromatic N) is 2. The number of hydrogen-bond donors (Lipinski definition) is 1. The zero-order valence-corrected chi connectivity index (χ0v) is 14.1. The monoisotopic (exact) mass is 281 g/mol. The Bertz CT molecular complexity index is 307. The van der Waals surface area contributed by atoms with Crippen LogP contribution in [0.2, 0.25) is 0 Å². The van der Waals surface area contributed by atoms with Gasteiger partial charge in [-0.1, -0.05) is 33.6 Å². The van der Waals surface area contributed by atoms with E-state index in [0.29, 0.717) is 6.04 Å². The number of rotatable bonds is 3. The van der Waals surface area contributed by atoms with E-state index in [-0.39, 0.29) is 5.54 Å². The molecule has 2 aliphatic rings. The van der Waals surface area contributed by atoms with Crippen LogP contribution in [0, 0.1) is 11.8 Å². The van der Waals surface area contributed by atoms with Gasteiger partial charge in [0, 0.05) is 31.2 Å². The third kappa shape index (κ3) is 2.90. The van der Waals surface area contributed by atoms with Crippen LogP contribution in [0.3, 0.4) is 0 Å². The van der Waals surface area contributed by atoms with Crippen LogP contribution < -0.4 is 5.73 Å². The van der Waals surface area contributed by atoms with E-state index in [1.165, 1.54) is 51.7 Å². The normalized spacial score (nSPS) is 41.5. The summed E-state index contributed by atoms with van der Waals surface area (Å²) < 4.78 is 0. The molecular formula is C17H35N3. The smallest absolute Gasteiger partial charge is 0.0363 e. The van der Waals surface area contributed by atoms with Gasteiger partial charge in [0.2, 0.25) is 0 Å². The van der Waals surface area contributed by atoms with Crippen molar-refractivity contribution in [3.8, 4) is 0 Å². The molecule has 3 heteroatoms. The van der Waals surface area contributed by atoms with E-state index >= 15 is 0 Å². The van der Waals surface area contributed by atoms with Crippen molar-refractivity contribution in [2.24, 2.45) is 17.6 Å². The van der Waals surface area contributed by atoms with E-state index in [1.807, 2.05) is 0 Å². The minimum Gasteiger partial charge on any atom is -0.329 e. The van der Waals surface area contributed by atoms with Gasteiger partial charge in [0.25, 0.3) is 0 Å². The molecular weight excluding hydrogens is 246 g/mol. The quantitative estimate of drug-likeness (QED) is 0.863. The summed E-state index contributed by atoms with van der Waals surface area (Å²) in [7, 11) is 2.27. The van der Waals surface area contributed by atoms with Crippen molar-refractivity contribution in [3.05, 3.63) is 0 Å². The largest absolute Gasteiger partial charge is 0.329 e. The maximum atomic E-state index is 6.37. The van der Waals surface area contributed by atoms with Crippen LogP contribution in [-0.4, -0.2) is 54.6 Å². The van der Waals surface area contributed by atoms with Gasteiger partial charge < -0.3 is 10.6 Å². The second kappa shape index (κ2) is 6.76. The van der Waals surface area contributed by atoms with Crippen LogP contribution in [0.4, 0.5) is 0 Å². The SMILES string of the molecule is CCC1CN(C)CCCN1C1(CN)CCCC(C)C1C. The first-order valence-corrected chi connectivity index (χ1v) is 8.70. The van der Waals surface area contributed by atoms with Crippen molar-refractivity contribution in [3.63, 3.8) is 0 Å². The summed E-state index contributed by atoms with van der Waals surface area (Å²) in [6, 6.07) is 0.679. The predicted octanol–water partition coefficient (Wildman–Crippen LogP) is 2.56. The third-order valence-corrected chi connectivity index (χ3v) is 6.27. The molecule has 0 aromatic rings. The van der Waals surface area contributed by atoms with Gasteiger partial charge in [-0.05, 0) is 44.7 Å². The molecule has 2 N–H and O–H groups in total. The first kappa shape index (κ1) is 16.3. The highest BCUT2D eigenvalue weighted by atomic mass is 15.3. The molecule has 1 aliphatic heterocycles.